The molecule has 0 unspecified atom stereocenters. The fourth-order valence-electron chi connectivity index (χ4n) is 1.64. The van der Waals surface area contributed by atoms with Crippen LogP contribution in [0, 0.1) is 0 Å². The first-order valence-corrected chi connectivity index (χ1v) is 6.08. The number of benzene rings is 1. The molecule has 1 aromatic carbocycles. The Morgan fingerprint density at radius 1 is 1.21 bits per heavy atom. The lowest BCUT2D eigenvalue weighted by Crippen LogP contribution is -1.99. The SMILES string of the molecule is C\C=C/C(/C=N/Nc1ccc2ccccc2n1)=N\C. The van der Waals surface area contributed by atoms with Crippen LogP contribution in [0.25, 0.3) is 10.9 Å². The van der Waals surface area contributed by atoms with Gasteiger partial charge in [0.05, 0.1) is 17.4 Å². The standard InChI is InChI=1S/C15H16N4/c1-3-6-13(16-2)11-17-19-15-10-9-12-7-4-5-8-14(12)18-15/h3-11H,1-2H3,(H,18,19)/b6-3-,16-13+,17-11+. The van der Waals surface area contributed by atoms with E-state index in [1.54, 1.807) is 13.3 Å². The molecule has 0 aliphatic heterocycles. The first-order valence-electron chi connectivity index (χ1n) is 6.08. The number of aromatic nitrogens is 1. The van der Waals surface area contributed by atoms with Crippen LogP contribution in [0.15, 0.2) is 58.6 Å². The number of nitrogens with one attached hydrogen (secondary N) is 1. The second-order valence-electron chi connectivity index (χ2n) is 3.91. The topological polar surface area (TPSA) is 49.6 Å². The van der Waals surface area contributed by atoms with Crippen LogP contribution in [0.3, 0.4) is 0 Å². The van der Waals surface area contributed by atoms with Crippen LogP contribution in [0.1, 0.15) is 6.92 Å². The van der Waals surface area contributed by atoms with Gasteiger partial charge in [-0.3, -0.25) is 10.4 Å². The number of hydrogen-bond donors (Lipinski definition) is 1. The summed E-state index contributed by atoms with van der Waals surface area (Å²) in [6.07, 6.45) is 5.47. The van der Waals surface area contributed by atoms with E-state index in [1.165, 1.54) is 0 Å². The fourth-order valence-corrected chi connectivity index (χ4v) is 1.64. The molecule has 1 N–H and O–H groups in total. The van der Waals surface area contributed by atoms with E-state index in [2.05, 4.69) is 20.5 Å². The Kier molecular flexibility index (Phi) is 4.39. The van der Waals surface area contributed by atoms with Gasteiger partial charge in [0.15, 0.2) is 0 Å². The number of rotatable bonds is 4. The third-order valence-electron chi connectivity index (χ3n) is 2.57. The average Bonchev–Trinajstić information content (AvgIpc) is 2.46. The van der Waals surface area contributed by atoms with E-state index in [-0.39, 0.29) is 0 Å². The molecule has 96 valence electrons. The number of para-hydroxylation sites is 1. The van der Waals surface area contributed by atoms with E-state index in [4.69, 9.17) is 0 Å². The van der Waals surface area contributed by atoms with Gasteiger partial charge in [0.1, 0.15) is 5.82 Å². The van der Waals surface area contributed by atoms with Crippen LogP contribution in [0.2, 0.25) is 0 Å². The van der Waals surface area contributed by atoms with Gasteiger partial charge in [0.25, 0.3) is 0 Å². The number of pyridine rings is 1. The number of hydrazone groups is 1. The summed E-state index contributed by atoms with van der Waals surface area (Å²) in [4.78, 5) is 8.54. The molecule has 0 saturated carbocycles. The fraction of sp³-hybridized carbons (Fsp3) is 0.133. The van der Waals surface area contributed by atoms with E-state index in [9.17, 15) is 0 Å². The number of allylic oxidation sites excluding steroid dienone is 2. The summed E-state index contributed by atoms with van der Waals surface area (Å²) < 4.78 is 0. The van der Waals surface area contributed by atoms with E-state index in [0.717, 1.165) is 16.6 Å². The Labute approximate surface area is 112 Å². The van der Waals surface area contributed by atoms with E-state index < -0.39 is 0 Å². The third kappa shape index (κ3) is 3.48. The molecule has 0 spiro atoms. The van der Waals surface area contributed by atoms with Crippen molar-refractivity contribution in [2.75, 3.05) is 12.5 Å². The van der Waals surface area contributed by atoms with Crippen LogP contribution in [-0.2, 0) is 0 Å². The first kappa shape index (κ1) is 13.0. The summed E-state index contributed by atoms with van der Waals surface area (Å²) in [5, 5.41) is 5.23. The van der Waals surface area contributed by atoms with Gasteiger partial charge in [-0.25, -0.2) is 4.98 Å². The van der Waals surface area contributed by atoms with Crippen molar-refractivity contribution < 1.29 is 0 Å². The quantitative estimate of drug-likeness (QED) is 0.670. The molecule has 1 heterocycles. The van der Waals surface area contributed by atoms with Crippen LogP contribution in [-0.4, -0.2) is 24.0 Å². The highest BCUT2D eigenvalue weighted by molar-refractivity contribution is 6.35. The second-order valence-corrected chi connectivity index (χ2v) is 3.91. The molecule has 1 aromatic heterocycles. The molecular formula is C15H16N4. The lowest BCUT2D eigenvalue weighted by molar-refractivity contribution is 1.27. The largest absolute Gasteiger partial charge is 0.287 e. The van der Waals surface area contributed by atoms with Gasteiger partial charge in [0.2, 0.25) is 0 Å². The molecule has 0 radical (unpaired) electrons. The molecule has 0 aliphatic carbocycles. The zero-order valence-corrected chi connectivity index (χ0v) is 11.0. The van der Waals surface area contributed by atoms with Crippen LogP contribution in [0.5, 0.6) is 0 Å². The summed E-state index contributed by atoms with van der Waals surface area (Å²) in [6, 6.07) is 11.9. The Balaban J connectivity index is 2.11. The Morgan fingerprint density at radius 2 is 2.05 bits per heavy atom. The highest BCUT2D eigenvalue weighted by Gasteiger charge is 1.95. The van der Waals surface area contributed by atoms with Crippen molar-refractivity contribution in [1.29, 1.82) is 0 Å². The van der Waals surface area contributed by atoms with Crippen LogP contribution in [0.4, 0.5) is 5.82 Å². The molecule has 19 heavy (non-hydrogen) atoms. The zero-order valence-electron chi connectivity index (χ0n) is 11.0. The number of anilines is 1. The molecule has 0 aliphatic rings. The third-order valence-corrected chi connectivity index (χ3v) is 2.57. The van der Waals surface area contributed by atoms with Gasteiger partial charge in [-0.1, -0.05) is 24.3 Å². The van der Waals surface area contributed by atoms with Crippen molar-refractivity contribution >= 4 is 28.6 Å². The van der Waals surface area contributed by atoms with Crippen molar-refractivity contribution in [3.05, 3.63) is 48.6 Å². The van der Waals surface area contributed by atoms with Crippen molar-refractivity contribution in [3.8, 4) is 0 Å². The summed E-state index contributed by atoms with van der Waals surface area (Å²) in [5.41, 5.74) is 4.65. The smallest absolute Gasteiger partial charge is 0.146 e. The highest BCUT2D eigenvalue weighted by atomic mass is 15.3. The van der Waals surface area contributed by atoms with Gasteiger partial charge >= 0.3 is 0 Å². The molecule has 0 fully saturated rings. The minimum Gasteiger partial charge on any atom is -0.287 e. The molecule has 0 amide bonds. The maximum Gasteiger partial charge on any atom is 0.146 e. The Morgan fingerprint density at radius 3 is 2.84 bits per heavy atom. The molecular weight excluding hydrogens is 236 g/mol. The Hall–Kier alpha value is -2.49. The van der Waals surface area contributed by atoms with Gasteiger partial charge in [-0.15, -0.1) is 0 Å². The second kappa shape index (κ2) is 6.44. The number of fused-ring (bicyclic) bond motifs is 1. The molecule has 2 aromatic rings. The summed E-state index contributed by atoms with van der Waals surface area (Å²) in [5.74, 6) is 0.714. The van der Waals surface area contributed by atoms with Crippen molar-refractivity contribution in [1.82, 2.24) is 4.98 Å². The summed E-state index contributed by atoms with van der Waals surface area (Å²) >= 11 is 0. The molecule has 4 nitrogen and oxygen atoms in total. The number of nitrogens with zero attached hydrogens (tertiary/aromatic N) is 3. The van der Waals surface area contributed by atoms with E-state index in [0.29, 0.717) is 5.82 Å². The number of hydrogen-bond acceptors (Lipinski definition) is 4. The normalized spacial score (nSPS) is 12.6. The maximum absolute atomic E-state index is 4.46. The molecule has 4 heteroatoms. The van der Waals surface area contributed by atoms with Crippen LogP contribution < -0.4 is 5.43 Å². The lowest BCUT2D eigenvalue weighted by Gasteiger charge is -2.01. The maximum atomic E-state index is 4.46. The predicted molar refractivity (Wildman–Crippen MR) is 82.0 cm³/mol. The van der Waals surface area contributed by atoms with Crippen molar-refractivity contribution in [2.45, 2.75) is 6.92 Å². The minimum atomic E-state index is 0.714. The predicted octanol–water partition coefficient (Wildman–Crippen LogP) is 3.28. The van der Waals surface area contributed by atoms with Gasteiger partial charge in [0, 0.05) is 12.4 Å². The molecule has 0 bridgehead atoms. The highest BCUT2D eigenvalue weighted by Crippen LogP contribution is 2.14. The summed E-state index contributed by atoms with van der Waals surface area (Å²) in [6.45, 7) is 1.94. The van der Waals surface area contributed by atoms with Gasteiger partial charge in [-0.2, -0.15) is 5.10 Å². The monoisotopic (exact) mass is 252 g/mol. The molecule has 0 saturated heterocycles. The number of aliphatic imine (C=N–C) groups is 1. The van der Waals surface area contributed by atoms with Crippen molar-refractivity contribution in [2.24, 2.45) is 10.1 Å². The average molecular weight is 252 g/mol. The lowest BCUT2D eigenvalue weighted by atomic mass is 10.2. The zero-order chi connectivity index (χ0) is 13.5. The van der Waals surface area contributed by atoms with Crippen LogP contribution >= 0.6 is 0 Å². The molecule has 0 atom stereocenters. The van der Waals surface area contributed by atoms with E-state index in [1.807, 2.05) is 55.5 Å². The minimum absolute atomic E-state index is 0.714. The summed E-state index contributed by atoms with van der Waals surface area (Å²) in [7, 11) is 1.73. The first-order chi connectivity index (χ1) is 9.33. The van der Waals surface area contributed by atoms with Gasteiger partial charge in [-0.05, 0) is 31.2 Å². The van der Waals surface area contributed by atoms with Crippen molar-refractivity contribution in [3.63, 3.8) is 0 Å². The van der Waals surface area contributed by atoms with E-state index >= 15 is 0 Å². The van der Waals surface area contributed by atoms with Gasteiger partial charge < -0.3 is 0 Å². The molecule has 2 rings (SSSR count). The Bertz CT molecular complexity index is 641.